The van der Waals surface area contributed by atoms with Crippen LogP contribution in [0.5, 0.6) is 11.5 Å². The van der Waals surface area contributed by atoms with Crippen LogP contribution in [0.4, 0.5) is 0 Å². The number of aliphatic hydroxyl groups is 1. The smallest absolute Gasteiger partial charge is 0.253 e. The molecule has 3 aliphatic carbocycles. The normalized spacial score (nSPS) is 32.1. The zero-order valence-corrected chi connectivity index (χ0v) is 22.3. The molecule has 4 N–H and O–H groups in total. The van der Waals surface area contributed by atoms with Crippen LogP contribution >= 0.6 is 12.4 Å². The Kier molecular flexibility index (Phi) is 5.32. The van der Waals surface area contributed by atoms with Gasteiger partial charge < -0.3 is 25.3 Å². The minimum absolute atomic E-state index is 0. The van der Waals surface area contributed by atoms with Gasteiger partial charge in [-0.1, -0.05) is 18.2 Å². The van der Waals surface area contributed by atoms with E-state index in [1.54, 1.807) is 24.4 Å². The molecule has 1 saturated heterocycles. The van der Waals surface area contributed by atoms with Crippen LogP contribution in [0, 0.1) is 17.2 Å². The van der Waals surface area contributed by atoms with Crippen molar-refractivity contribution in [1.29, 1.82) is 5.26 Å². The summed E-state index contributed by atoms with van der Waals surface area (Å²) in [6.07, 6.45) is 6.30. The molecule has 0 radical (unpaired) electrons. The molecule has 1 amide bonds. The van der Waals surface area contributed by atoms with Crippen molar-refractivity contribution >= 4 is 29.2 Å². The summed E-state index contributed by atoms with van der Waals surface area (Å²) in [5, 5.41) is 36.8. The van der Waals surface area contributed by atoms with Gasteiger partial charge in [-0.25, -0.2) is 0 Å². The number of phenolic OH excluding ortho intramolecular Hbond substituents is 1. The highest BCUT2D eigenvalue weighted by Gasteiger charge is 2.73. The molecule has 202 valence electrons. The van der Waals surface area contributed by atoms with Gasteiger partial charge in [0.15, 0.2) is 11.5 Å². The van der Waals surface area contributed by atoms with Crippen LogP contribution in [-0.2, 0) is 11.8 Å². The first-order chi connectivity index (χ1) is 18.4. The van der Waals surface area contributed by atoms with Crippen molar-refractivity contribution in [2.24, 2.45) is 5.92 Å². The molecular formula is C30H31ClN4O4. The van der Waals surface area contributed by atoms with Crippen molar-refractivity contribution in [2.75, 3.05) is 13.1 Å². The second-order valence-electron chi connectivity index (χ2n) is 12.0. The van der Waals surface area contributed by atoms with E-state index in [0.717, 1.165) is 43.0 Å². The SMILES string of the molecule is Cl.N#Cc1c[nH]c2c(C(=O)N[C@@H]3CC[C@@]4(O)[C@H]5Cc6ccc(O)c7c6[C@@]4(CCN5CC4CC4)[C@H]3O7)cccc12. The number of carbonyl (C=O) groups is 1. The topological polar surface area (TPSA) is 122 Å². The molecule has 0 unspecified atom stereocenters. The van der Waals surface area contributed by atoms with Gasteiger partial charge in [-0.3, -0.25) is 9.69 Å². The third kappa shape index (κ3) is 3.15. The molecule has 1 spiro atoms. The highest BCUT2D eigenvalue weighted by atomic mass is 35.5. The summed E-state index contributed by atoms with van der Waals surface area (Å²) in [7, 11) is 0. The van der Waals surface area contributed by atoms with E-state index in [1.807, 2.05) is 12.1 Å². The lowest BCUT2D eigenvalue weighted by Gasteiger charge is -2.64. The number of nitriles is 1. The van der Waals surface area contributed by atoms with Crippen LogP contribution in [0.1, 0.15) is 59.2 Å². The van der Waals surface area contributed by atoms with Crippen molar-refractivity contribution in [3.05, 3.63) is 58.8 Å². The summed E-state index contributed by atoms with van der Waals surface area (Å²) in [5.41, 5.74) is 2.04. The fraction of sp³-hybridized carbons (Fsp3) is 0.467. The van der Waals surface area contributed by atoms with Crippen molar-refractivity contribution in [2.45, 2.75) is 67.7 Å². The molecule has 3 fully saturated rings. The number of phenols is 1. The van der Waals surface area contributed by atoms with Gasteiger partial charge in [-0.05, 0) is 68.7 Å². The molecule has 8 rings (SSSR count). The Labute approximate surface area is 232 Å². The van der Waals surface area contributed by atoms with E-state index < -0.39 is 17.1 Å². The number of amides is 1. The molecule has 2 saturated carbocycles. The highest BCUT2D eigenvalue weighted by Crippen LogP contribution is 2.65. The number of fused-ring (bicyclic) bond motifs is 1. The summed E-state index contributed by atoms with van der Waals surface area (Å²) in [6.45, 7) is 1.90. The number of hydrogen-bond donors (Lipinski definition) is 4. The molecule has 9 heteroatoms. The number of halogens is 1. The van der Waals surface area contributed by atoms with E-state index in [1.165, 1.54) is 12.8 Å². The van der Waals surface area contributed by atoms with Crippen LogP contribution in [0.15, 0.2) is 36.5 Å². The van der Waals surface area contributed by atoms with Crippen LogP contribution in [-0.4, -0.2) is 62.9 Å². The number of piperidine rings is 1. The Morgan fingerprint density at radius 2 is 2.08 bits per heavy atom. The minimum atomic E-state index is -0.987. The first-order valence-electron chi connectivity index (χ1n) is 13.7. The zero-order valence-electron chi connectivity index (χ0n) is 21.4. The van der Waals surface area contributed by atoms with Gasteiger partial charge in [-0.2, -0.15) is 5.26 Å². The average molecular weight is 547 g/mol. The number of nitrogens with one attached hydrogen (secondary N) is 2. The molecular weight excluding hydrogens is 516 g/mol. The monoisotopic (exact) mass is 546 g/mol. The quantitative estimate of drug-likeness (QED) is 0.397. The van der Waals surface area contributed by atoms with Gasteiger partial charge in [0, 0.05) is 29.7 Å². The van der Waals surface area contributed by atoms with Crippen molar-refractivity contribution < 1.29 is 19.7 Å². The Bertz CT molecular complexity index is 1560. The van der Waals surface area contributed by atoms with Gasteiger partial charge in [-0.15, -0.1) is 12.4 Å². The van der Waals surface area contributed by atoms with Crippen LogP contribution in [0.2, 0.25) is 0 Å². The van der Waals surface area contributed by atoms with Gasteiger partial charge in [0.1, 0.15) is 12.2 Å². The number of aromatic amines is 1. The van der Waals surface area contributed by atoms with Gasteiger partial charge in [0.05, 0.1) is 33.7 Å². The first kappa shape index (κ1) is 24.8. The number of likely N-dealkylation sites (tertiary alicyclic amines) is 1. The predicted molar refractivity (Wildman–Crippen MR) is 146 cm³/mol. The maximum atomic E-state index is 13.7. The number of rotatable bonds is 4. The van der Waals surface area contributed by atoms with Gasteiger partial charge >= 0.3 is 0 Å². The van der Waals surface area contributed by atoms with Crippen LogP contribution < -0.4 is 10.1 Å². The van der Waals surface area contributed by atoms with E-state index in [0.29, 0.717) is 40.6 Å². The van der Waals surface area contributed by atoms with Crippen molar-refractivity contribution in [1.82, 2.24) is 15.2 Å². The number of aromatic nitrogens is 1. The molecule has 8 nitrogen and oxygen atoms in total. The van der Waals surface area contributed by atoms with Gasteiger partial charge in [0.25, 0.3) is 5.91 Å². The molecule has 3 heterocycles. The fourth-order valence-corrected chi connectivity index (χ4v) is 8.31. The minimum Gasteiger partial charge on any atom is -0.504 e. The number of carbonyl (C=O) groups excluding carboxylic acids is 1. The number of hydrogen-bond acceptors (Lipinski definition) is 6. The average Bonchev–Trinajstić information content (AvgIpc) is 3.51. The molecule has 39 heavy (non-hydrogen) atoms. The van der Waals surface area contributed by atoms with E-state index in [4.69, 9.17) is 4.74 Å². The van der Waals surface area contributed by atoms with E-state index in [2.05, 4.69) is 21.3 Å². The fourth-order valence-electron chi connectivity index (χ4n) is 8.31. The van der Waals surface area contributed by atoms with Gasteiger partial charge in [0.2, 0.25) is 0 Å². The third-order valence-electron chi connectivity index (χ3n) is 10.2. The second kappa shape index (κ2) is 8.37. The lowest BCUT2D eigenvalue weighted by Crippen LogP contribution is -2.78. The van der Waals surface area contributed by atoms with Crippen molar-refractivity contribution in [3.8, 4) is 17.6 Å². The maximum Gasteiger partial charge on any atom is 0.253 e. The Hall–Kier alpha value is -3.25. The number of H-pyrrole nitrogens is 1. The summed E-state index contributed by atoms with van der Waals surface area (Å²) in [5.74, 6) is 1.06. The molecule has 2 aliphatic heterocycles. The predicted octanol–water partition coefficient (Wildman–Crippen LogP) is 3.53. The first-order valence-corrected chi connectivity index (χ1v) is 13.7. The zero-order chi connectivity index (χ0) is 25.8. The highest BCUT2D eigenvalue weighted by molar-refractivity contribution is 6.07. The number of ether oxygens (including phenoxy) is 1. The molecule has 2 bridgehead atoms. The van der Waals surface area contributed by atoms with Crippen LogP contribution in [0.3, 0.4) is 0 Å². The summed E-state index contributed by atoms with van der Waals surface area (Å²) in [4.78, 5) is 19.3. The number of aromatic hydroxyl groups is 1. The molecule has 1 aromatic heterocycles. The maximum absolute atomic E-state index is 13.7. The standard InChI is InChI=1S/C30H30N4O4.ClH/c31-13-18-14-32-25-19(18)2-1-3-20(25)28(36)33-21-8-9-30(37)23-12-17-6-7-22(35)26-24(17)29(30,27(21)38-26)10-11-34(23)15-16-4-5-16;/h1-3,6-7,14,16,21,23,27,32,35,37H,4-5,8-12,15H2,(H,33,36);1H/t21-,23-,27+,29+,30-;/m1./s1. The van der Waals surface area contributed by atoms with Crippen LogP contribution in [0.25, 0.3) is 10.9 Å². The van der Waals surface area contributed by atoms with E-state index in [9.17, 15) is 20.3 Å². The lowest BCUT2D eigenvalue weighted by atomic mass is 9.48. The van der Waals surface area contributed by atoms with E-state index >= 15 is 0 Å². The number of nitrogens with zero attached hydrogens (tertiary/aromatic N) is 2. The molecule has 5 aliphatic rings. The summed E-state index contributed by atoms with van der Waals surface area (Å²) in [6, 6.07) is 10.9. The number of benzene rings is 2. The van der Waals surface area contributed by atoms with Crippen molar-refractivity contribution in [3.63, 3.8) is 0 Å². The molecule has 3 aromatic rings. The molecule has 2 aromatic carbocycles. The Morgan fingerprint density at radius 3 is 2.87 bits per heavy atom. The second-order valence-corrected chi connectivity index (χ2v) is 12.0. The number of para-hydroxylation sites is 1. The summed E-state index contributed by atoms with van der Waals surface area (Å²) < 4.78 is 6.57. The van der Waals surface area contributed by atoms with E-state index in [-0.39, 0.29) is 36.1 Å². The largest absolute Gasteiger partial charge is 0.504 e. The third-order valence-corrected chi connectivity index (χ3v) is 10.2. The Morgan fingerprint density at radius 1 is 1.23 bits per heavy atom. The molecule has 5 atom stereocenters. The lowest BCUT2D eigenvalue weighted by molar-refractivity contribution is -0.191. The Balaban J connectivity index is 0.00000253. The summed E-state index contributed by atoms with van der Waals surface area (Å²) >= 11 is 0.